The van der Waals surface area contributed by atoms with Gasteiger partial charge in [-0.15, -0.1) is 0 Å². The fourth-order valence-corrected chi connectivity index (χ4v) is 4.78. The number of allylic oxidation sites excluding steroid dienone is 2. The van der Waals surface area contributed by atoms with E-state index in [9.17, 15) is 18.3 Å². The van der Waals surface area contributed by atoms with Gasteiger partial charge in [-0.05, 0) is 55.7 Å². The molecule has 182 valence electrons. The highest BCUT2D eigenvalue weighted by Gasteiger charge is 2.42. The van der Waals surface area contributed by atoms with Gasteiger partial charge in [-0.3, -0.25) is 0 Å². The van der Waals surface area contributed by atoms with Crippen LogP contribution in [0.15, 0.2) is 36.4 Å². The number of unbranched alkanes of at least 4 members (excludes halogenated alkanes) is 2. The zero-order valence-electron chi connectivity index (χ0n) is 18.5. The first-order valence-electron chi connectivity index (χ1n) is 11.1. The van der Waals surface area contributed by atoms with Gasteiger partial charge in [0.1, 0.15) is 12.4 Å². The van der Waals surface area contributed by atoms with Crippen LogP contribution >= 0.6 is 18.9 Å². The topological polar surface area (TPSA) is 47.9 Å². The summed E-state index contributed by atoms with van der Waals surface area (Å²) < 4.78 is 55.2. The maximum Gasteiger partial charge on any atom is 0.416 e. The summed E-state index contributed by atoms with van der Waals surface area (Å²) in [4.78, 5) is 0. The third-order valence-corrected chi connectivity index (χ3v) is 6.82. The van der Waals surface area contributed by atoms with Crippen molar-refractivity contribution in [2.45, 2.75) is 76.4 Å². The van der Waals surface area contributed by atoms with Crippen LogP contribution in [0.1, 0.15) is 57.4 Å². The standard InChI is InChI=1S/C23H35F3O4P2/c1-2-3-4-5-6-10-19-20(22(30-32)14-21(19)27)12-11-18(29-31)15-28-17-9-7-8-16(13-17)23(24,25)26/h5-9,13,18-22,27H,2-4,10-12,14-15,31-32H2,1H3/b6-5+. The Balaban J connectivity index is 1.91. The van der Waals surface area contributed by atoms with Gasteiger partial charge in [0.25, 0.3) is 0 Å². The van der Waals surface area contributed by atoms with E-state index in [0.717, 1.165) is 44.2 Å². The molecule has 7 unspecified atom stereocenters. The molecule has 1 aromatic carbocycles. The number of rotatable bonds is 13. The van der Waals surface area contributed by atoms with Crippen LogP contribution in [0.5, 0.6) is 5.75 Å². The lowest BCUT2D eigenvalue weighted by atomic mass is 9.86. The van der Waals surface area contributed by atoms with E-state index in [1.165, 1.54) is 12.1 Å². The summed E-state index contributed by atoms with van der Waals surface area (Å²) in [7, 11) is 4.52. The molecule has 0 radical (unpaired) electrons. The molecule has 1 N–H and O–H groups in total. The summed E-state index contributed by atoms with van der Waals surface area (Å²) in [6.45, 7) is 2.29. The maximum atomic E-state index is 12.9. The molecule has 1 aromatic rings. The number of halogens is 3. The van der Waals surface area contributed by atoms with Gasteiger partial charge in [-0.2, -0.15) is 13.2 Å². The molecular formula is C23H35F3O4P2. The van der Waals surface area contributed by atoms with Gasteiger partial charge in [-0.1, -0.05) is 38.0 Å². The molecule has 9 heteroatoms. The van der Waals surface area contributed by atoms with E-state index in [0.29, 0.717) is 12.8 Å². The predicted octanol–water partition coefficient (Wildman–Crippen LogP) is 6.35. The minimum atomic E-state index is -4.41. The van der Waals surface area contributed by atoms with E-state index < -0.39 is 17.8 Å². The third-order valence-electron chi connectivity index (χ3n) is 6.08. The third kappa shape index (κ3) is 8.57. The van der Waals surface area contributed by atoms with E-state index >= 15 is 0 Å². The number of ether oxygens (including phenoxy) is 1. The van der Waals surface area contributed by atoms with Gasteiger partial charge in [-0.25, -0.2) is 0 Å². The summed E-state index contributed by atoms with van der Waals surface area (Å²) in [6, 6.07) is 4.84. The Morgan fingerprint density at radius 3 is 2.66 bits per heavy atom. The van der Waals surface area contributed by atoms with Crippen LogP contribution in [0.2, 0.25) is 0 Å². The van der Waals surface area contributed by atoms with Crippen molar-refractivity contribution >= 4 is 18.9 Å². The number of hydrogen-bond donors (Lipinski definition) is 1. The van der Waals surface area contributed by atoms with Crippen molar-refractivity contribution in [1.82, 2.24) is 0 Å². The summed E-state index contributed by atoms with van der Waals surface area (Å²) >= 11 is 0. The summed E-state index contributed by atoms with van der Waals surface area (Å²) in [5, 5.41) is 10.6. The molecule has 2 rings (SSSR count). The number of alkyl halides is 3. The van der Waals surface area contributed by atoms with Crippen LogP contribution in [0.3, 0.4) is 0 Å². The van der Waals surface area contributed by atoms with Crippen LogP contribution in [0.25, 0.3) is 0 Å². The Labute approximate surface area is 193 Å². The van der Waals surface area contributed by atoms with Crippen molar-refractivity contribution in [3.05, 3.63) is 42.0 Å². The maximum absolute atomic E-state index is 12.9. The molecule has 0 spiro atoms. The smallest absolute Gasteiger partial charge is 0.416 e. The van der Waals surface area contributed by atoms with Crippen molar-refractivity contribution in [1.29, 1.82) is 0 Å². The van der Waals surface area contributed by atoms with E-state index in [1.807, 2.05) is 0 Å². The molecule has 0 bridgehead atoms. The number of benzene rings is 1. The Bertz CT molecular complexity index is 702. The van der Waals surface area contributed by atoms with Gasteiger partial charge >= 0.3 is 6.18 Å². The molecule has 1 saturated carbocycles. The average Bonchev–Trinajstić information content (AvgIpc) is 3.08. The Morgan fingerprint density at radius 2 is 2.00 bits per heavy atom. The van der Waals surface area contributed by atoms with Crippen molar-refractivity contribution < 1.29 is 32.1 Å². The molecule has 0 heterocycles. The number of aliphatic hydroxyl groups excluding tert-OH is 1. The molecule has 1 fully saturated rings. The van der Waals surface area contributed by atoms with Gasteiger partial charge in [0, 0.05) is 25.4 Å². The van der Waals surface area contributed by atoms with E-state index in [-0.39, 0.29) is 36.4 Å². The lowest BCUT2D eigenvalue weighted by molar-refractivity contribution is -0.137. The first kappa shape index (κ1) is 27.5. The molecule has 32 heavy (non-hydrogen) atoms. The fraction of sp³-hybridized carbons (Fsp3) is 0.652. The van der Waals surface area contributed by atoms with Crippen LogP contribution < -0.4 is 4.74 Å². The molecule has 0 aromatic heterocycles. The van der Waals surface area contributed by atoms with Crippen LogP contribution in [-0.4, -0.2) is 30.0 Å². The molecule has 1 aliphatic carbocycles. The molecular weight excluding hydrogens is 459 g/mol. The highest BCUT2D eigenvalue weighted by molar-refractivity contribution is 7.10. The first-order valence-corrected chi connectivity index (χ1v) is 12.1. The zero-order valence-corrected chi connectivity index (χ0v) is 20.8. The highest BCUT2D eigenvalue weighted by Crippen LogP contribution is 2.41. The average molecular weight is 494 g/mol. The van der Waals surface area contributed by atoms with Crippen LogP contribution in [0, 0.1) is 11.8 Å². The molecule has 7 atom stereocenters. The number of hydrogen-bond acceptors (Lipinski definition) is 4. The second kappa shape index (κ2) is 13.9. The predicted molar refractivity (Wildman–Crippen MR) is 126 cm³/mol. The number of aliphatic hydroxyl groups is 1. The highest BCUT2D eigenvalue weighted by atomic mass is 31.0. The fourth-order valence-electron chi connectivity index (χ4n) is 4.25. The minimum absolute atomic E-state index is 0.0569. The molecule has 0 aliphatic heterocycles. The Hall–Kier alpha value is -0.710. The van der Waals surface area contributed by atoms with Gasteiger partial charge in [0.05, 0.1) is 23.9 Å². The molecule has 0 saturated heterocycles. The summed E-state index contributed by atoms with van der Waals surface area (Å²) in [5.41, 5.74) is -0.742. The largest absolute Gasteiger partial charge is 0.491 e. The second-order valence-corrected chi connectivity index (χ2v) is 8.87. The van der Waals surface area contributed by atoms with E-state index in [4.69, 9.17) is 13.8 Å². The SMILES string of the molecule is CCCC/C=C/CC1C(O)CC(OP)C1CCC(COc1cccc(C(F)(F)F)c1)OP. The lowest BCUT2D eigenvalue weighted by Gasteiger charge is -2.26. The minimum Gasteiger partial charge on any atom is -0.491 e. The quantitative estimate of drug-likeness (QED) is 0.197. The molecule has 0 amide bonds. The summed E-state index contributed by atoms with van der Waals surface area (Å²) in [5.74, 6) is 0.423. The van der Waals surface area contributed by atoms with Crippen LogP contribution in [0.4, 0.5) is 13.2 Å². The Kier molecular flexibility index (Phi) is 11.9. The molecule has 4 nitrogen and oxygen atoms in total. The van der Waals surface area contributed by atoms with E-state index in [1.54, 1.807) is 0 Å². The lowest BCUT2D eigenvalue weighted by Crippen LogP contribution is -2.26. The van der Waals surface area contributed by atoms with Crippen LogP contribution in [-0.2, 0) is 15.2 Å². The van der Waals surface area contributed by atoms with E-state index in [2.05, 4.69) is 38.0 Å². The van der Waals surface area contributed by atoms with Crippen molar-refractivity contribution in [3.8, 4) is 5.75 Å². The summed E-state index contributed by atoms with van der Waals surface area (Å²) in [6.07, 6.45) is 5.29. The van der Waals surface area contributed by atoms with Crippen molar-refractivity contribution in [2.75, 3.05) is 6.61 Å². The van der Waals surface area contributed by atoms with Crippen molar-refractivity contribution in [3.63, 3.8) is 0 Å². The monoisotopic (exact) mass is 494 g/mol. The zero-order chi connectivity index (χ0) is 23.6. The van der Waals surface area contributed by atoms with Gasteiger partial charge in [0.2, 0.25) is 0 Å². The first-order chi connectivity index (χ1) is 15.3. The van der Waals surface area contributed by atoms with Gasteiger partial charge in [0.15, 0.2) is 0 Å². The molecule has 1 aliphatic rings. The normalized spacial score (nSPS) is 24.8. The second-order valence-electron chi connectivity index (χ2n) is 8.33. The van der Waals surface area contributed by atoms with Crippen molar-refractivity contribution in [2.24, 2.45) is 11.8 Å². The Morgan fingerprint density at radius 1 is 1.22 bits per heavy atom. The van der Waals surface area contributed by atoms with Gasteiger partial charge < -0.3 is 18.9 Å².